The van der Waals surface area contributed by atoms with Crippen molar-refractivity contribution < 1.29 is 57.0 Å². The number of carboxylic acids is 1. The molecule has 8 nitrogen and oxygen atoms in total. The van der Waals surface area contributed by atoms with E-state index in [0.717, 1.165) is 10.6 Å². The fourth-order valence-corrected chi connectivity index (χ4v) is 5.58. The van der Waals surface area contributed by atoms with Crippen LogP contribution in [-0.4, -0.2) is 46.0 Å². The van der Waals surface area contributed by atoms with E-state index in [4.69, 9.17) is 10.8 Å². The largest absolute Gasteiger partial charge is 0.668 e. The Morgan fingerprint density at radius 2 is 1.60 bits per heavy atom. The maximum atomic E-state index is 12.5. The summed E-state index contributed by atoms with van der Waals surface area (Å²) in [6, 6.07) is 24.8. The van der Waals surface area contributed by atoms with Crippen molar-refractivity contribution in [3.05, 3.63) is 102 Å². The average Bonchev–Trinajstić information content (AvgIpc) is 3.00. The van der Waals surface area contributed by atoms with Crippen LogP contribution < -0.4 is 5.32 Å². The second-order valence-corrected chi connectivity index (χ2v) is 11.7. The van der Waals surface area contributed by atoms with Crippen LogP contribution in [0, 0.1) is 23.8 Å². The van der Waals surface area contributed by atoms with Crippen molar-refractivity contribution in [2.75, 3.05) is 12.3 Å². The molecule has 42 heavy (non-hydrogen) atoms. The second kappa shape index (κ2) is 21.2. The maximum absolute atomic E-state index is 12.5. The molecule has 3 atom stereocenters. The number of ketones is 1. The summed E-state index contributed by atoms with van der Waals surface area (Å²) < 4.78 is 0. The molecule has 2 amide bonds. The first-order chi connectivity index (χ1) is 19.7. The normalized spacial score (nSPS) is 12.3. The standard InChI is InChI=1S/C18H27N3O4S2.C13H9O.Y/c1-3-13(16(19)22)11-14(10-12(2)18(24)25)17(23)21-8-9-26-27-15-6-4-5-7-20-15;14-13(11-7-3-1-4-8-11)12-9-5-2-6-10-12;/h4-7,12-14H,3,8-11H2,1-2H3,(H4,19,21,22,23,24,25);1,3-10H;/q;-1;/p-1. The Balaban J connectivity index is 0.000000490. The second-order valence-electron chi connectivity index (χ2n) is 9.23. The summed E-state index contributed by atoms with van der Waals surface area (Å²) in [7, 11) is 3.08. The number of pyridine rings is 1. The predicted octanol–water partition coefficient (Wildman–Crippen LogP) is 6.38. The number of carboxylic acid groups (broad SMARTS) is 1. The van der Waals surface area contributed by atoms with E-state index in [0.29, 0.717) is 24.3 Å². The van der Waals surface area contributed by atoms with Gasteiger partial charge in [0.25, 0.3) is 0 Å². The van der Waals surface area contributed by atoms with Gasteiger partial charge in [0.15, 0.2) is 5.78 Å². The topological polar surface area (TPSA) is 137 Å². The Labute approximate surface area is 280 Å². The minimum Gasteiger partial charge on any atom is -0.668 e. The molecule has 0 fully saturated rings. The van der Waals surface area contributed by atoms with Crippen molar-refractivity contribution in [1.29, 1.82) is 0 Å². The molecule has 2 aromatic carbocycles. The number of carbonyl (C=O) groups is 4. The molecule has 0 spiro atoms. The molecule has 221 valence electrons. The number of nitrogens with one attached hydrogen (secondary N) is 2. The third-order valence-electron chi connectivity index (χ3n) is 6.15. The van der Waals surface area contributed by atoms with Gasteiger partial charge in [0.2, 0.25) is 5.91 Å². The first kappa shape index (κ1) is 37.5. The number of rotatable bonds is 15. The maximum Gasteiger partial charge on any atom is 0.306 e. The quantitative estimate of drug-likeness (QED) is 0.0816. The van der Waals surface area contributed by atoms with E-state index in [-0.39, 0.29) is 57.2 Å². The first-order valence-electron chi connectivity index (χ1n) is 13.2. The smallest absolute Gasteiger partial charge is 0.306 e. The monoisotopic (exact) mass is 682 g/mol. The Morgan fingerprint density at radius 3 is 2.17 bits per heavy atom. The van der Waals surface area contributed by atoms with Crippen LogP contribution in [0.1, 0.15) is 49.0 Å². The Hall–Kier alpha value is -2.53. The van der Waals surface area contributed by atoms with Crippen LogP contribution in [0.5, 0.6) is 0 Å². The van der Waals surface area contributed by atoms with E-state index >= 15 is 0 Å². The molecule has 3 aromatic rings. The van der Waals surface area contributed by atoms with Crippen LogP contribution in [0.3, 0.4) is 0 Å². The zero-order valence-corrected chi connectivity index (χ0v) is 28.2. The van der Waals surface area contributed by atoms with Crippen LogP contribution in [-0.2, 0) is 47.1 Å². The number of aliphatic carboxylic acids is 1. The fourth-order valence-electron chi connectivity index (χ4n) is 3.79. The molecule has 0 saturated carbocycles. The van der Waals surface area contributed by atoms with Crippen LogP contribution in [0.25, 0.3) is 5.73 Å². The number of hydrogen-bond donors (Lipinski definition) is 2. The zero-order valence-electron chi connectivity index (χ0n) is 23.7. The third-order valence-corrected chi connectivity index (χ3v) is 8.41. The van der Waals surface area contributed by atoms with Crippen molar-refractivity contribution >= 4 is 45.2 Å². The first-order valence-corrected chi connectivity index (χ1v) is 15.6. The molecule has 1 radical (unpaired) electrons. The van der Waals surface area contributed by atoms with Gasteiger partial charge in [-0.1, -0.05) is 66.6 Å². The van der Waals surface area contributed by atoms with Crippen LogP contribution >= 0.6 is 21.6 Å². The minimum atomic E-state index is -0.972. The molecular weight excluding hydrogens is 647 g/mol. The van der Waals surface area contributed by atoms with E-state index in [1.54, 1.807) is 55.1 Å². The molecule has 3 unspecified atom stereocenters. The summed E-state index contributed by atoms with van der Waals surface area (Å²) in [5, 5.41) is 12.8. The molecule has 11 heteroatoms. The molecule has 3 N–H and O–H groups in total. The van der Waals surface area contributed by atoms with Crippen molar-refractivity contribution in [3.63, 3.8) is 0 Å². The molecule has 0 bridgehead atoms. The van der Waals surface area contributed by atoms with Gasteiger partial charge in [-0.3, -0.25) is 14.4 Å². The molecule has 0 aliphatic carbocycles. The van der Waals surface area contributed by atoms with E-state index in [1.165, 1.54) is 10.8 Å². The van der Waals surface area contributed by atoms with E-state index < -0.39 is 29.6 Å². The number of hydrogen-bond acceptors (Lipinski definition) is 7. The number of carbonyl (C=O) groups excluding carboxylic acids is 3. The van der Waals surface area contributed by atoms with Crippen LogP contribution in [0.4, 0.5) is 0 Å². The average molecular weight is 683 g/mol. The molecular formula is C31H35N3O5S2Y-2. The SMILES string of the molecule is CCC(CC(CC(C)C(=O)O)C(=O)NCCSSc1ccccn1)C([NH-])=O.O=C(c1cc[c-]cc1)c1ccccc1.[Y]. The molecule has 0 aliphatic rings. The Kier molecular flexibility index (Phi) is 18.9. The summed E-state index contributed by atoms with van der Waals surface area (Å²) in [5.74, 6) is -3.04. The van der Waals surface area contributed by atoms with Gasteiger partial charge in [-0.05, 0) is 42.2 Å². The predicted molar refractivity (Wildman–Crippen MR) is 163 cm³/mol. The van der Waals surface area contributed by atoms with Crippen LogP contribution in [0.2, 0.25) is 0 Å². The van der Waals surface area contributed by atoms with E-state index in [1.807, 2.05) is 48.5 Å². The Morgan fingerprint density at radius 1 is 0.952 bits per heavy atom. The van der Waals surface area contributed by atoms with Gasteiger partial charge >= 0.3 is 5.97 Å². The minimum absolute atomic E-state index is 0. The number of amides is 2. The van der Waals surface area contributed by atoms with Crippen molar-refractivity contribution in [1.82, 2.24) is 10.3 Å². The van der Waals surface area contributed by atoms with Crippen molar-refractivity contribution in [2.45, 2.75) is 38.1 Å². The van der Waals surface area contributed by atoms with Crippen LogP contribution in [0.15, 0.2) is 84.0 Å². The molecule has 0 saturated heterocycles. The van der Waals surface area contributed by atoms with E-state index in [9.17, 15) is 19.2 Å². The third kappa shape index (κ3) is 14.1. The fraction of sp³-hybridized carbons (Fsp3) is 0.323. The van der Waals surface area contributed by atoms with Gasteiger partial charge in [-0.15, -0.1) is 0 Å². The summed E-state index contributed by atoms with van der Waals surface area (Å²) in [6.07, 6.45) is 2.54. The van der Waals surface area contributed by atoms with Crippen molar-refractivity contribution in [2.24, 2.45) is 17.8 Å². The van der Waals surface area contributed by atoms with Gasteiger partial charge in [0.05, 0.1) is 11.8 Å². The van der Waals surface area contributed by atoms with Crippen molar-refractivity contribution in [3.8, 4) is 0 Å². The summed E-state index contributed by atoms with van der Waals surface area (Å²) in [4.78, 5) is 51.1. The molecule has 3 rings (SSSR count). The zero-order chi connectivity index (χ0) is 30.0. The summed E-state index contributed by atoms with van der Waals surface area (Å²) in [5.41, 5.74) is 8.74. The number of nitrogens with zero attached hydrogens (tertiary/aromatic N) is 1. The van der Waals surface area contributed by atoms with Gasteiger partial charge in [-0.25, -0.2) is 4.98 Å². The summed E-state index contributed by atoms with van der Waals surface area (Å²) in [6.45, 7) is 3.77. The molecule has 0 aliphatic heterocycles. The van der Waals surface area contributed by atoms with E-state index in [2.05, 4.69) is 16.4 Å². The number of aromatic nitrogens is 1. The van der Waals surface area contributed by atoms with Gasteiger partial charge < -0.3 is 21.0 Å². The molecule has 1 heterocycles. The van der Waals surface area contributed by atoms with Gasteiger partial charge in [0, 0.05) is 68.6 Å². The van der Waals surface area contributed by atoms with Gasteiger partial charge in [0.1, 0.15) is 5.03 Å². The van der Waals surface area contributed by atoms with Gasteiger partial charge in [-0.2, -0.15) is 30.3 Å². The molecule has 1 aromatic heterocycles. The number of benzene rings is 2. The summed E-state index contributed by atoms with van der Waals surface area (Å²) >= 11 is 0. The Bertz CT molecular complexity index is 1200.